The number of nitrogens with two attached hydrogens (primary N) is 1. The average molecular weight is 320 g/mol. The maximum Gasteiger partial charge on any atom is 0.238 e. The highest BCUT2D eigenvalue weighted by atomic mass is 32.2. The number of hydrogen-bond acceptors (Lipinski definition) is 4. The molecular weight excluding hydrogens is 300 g/mol. The number of sulfone groups is 1. The van der Waals surface area contributed by atoms with Crippen LogP contribution in [0, 0.1) is 0 Å². The lowest BCUT2D eigenvalue weighted by molar-refractivity contribution is -0.121. The van der Waals surface area contributed by atoms with Crippen molar-refractivity contribution in [2.45, 2.75) is 18.2 Å². The van der Waals surface area contributed by atoms with Gasteiger partial charge in [-0.05, 0) is 29.3 Å². The third-order valence-corrected chi connectivity index (χ3v) is 5.24. The number of rotatable bonds is 5. The van der Waals surface area contributed by atoms with Gasteiger partial charge in [0.15, 0.2) is 9.84 Å². The molecule has 6 heteroatoms. The summed E-state index contributed by atoms with van der Waals surface area (Å²) in [7, 11) is -3.43. The largest absolute Gasteiger partial charge is 0.347 e. The van der Waals surface area contributed by atoms with Gasteiger partial charge in [-0.15, -0.1) is 0 Å². The summed E-state index contributed by atoms with van der Waals surface area (Å²) in [6, 6.07) is 13.3. The molecule has 2 unspecified atom stereocenters. The van der Waals surface area contributed by atoms with E-state index >= 15 is 0 Å². The maximum absolute atomic E-state index is 12.1. The third kappa shape index (κ3) is 3.64. The van der Waals surface area contributed by atoms with Crippen molar-refractivity contribution < 1.29 is 13.2 Å². The highest BCUT2D eigenvalue weighted by Gasteiger charge is 2.25. The van der Waals surface area contributed by atoms with Gasteiger partial charge in [-0.2, -0.15) is 0 Å². The van der Waals surface area contributed by atoms with E-state index in [0.717, 1.165) is 22.6 Å². The molecule has 0 aromatic heterocycles. The molecule has 2 atom stereocenters. The quantitative estimate of drug-likeness (QED) is 0.871. The van der Waals surface area contributed by atoms with Gasteiger partial charge >= 0.3 is 0 Å². The molecule has 0 spiro atoms. The van der Waals surface area contributed by atoms with E-state index in [1.54, 1.807) is 0 Å². The predicted octanol–water partition coefficient (Wildman–Crippen LogP) is 1.39. The molecule has 0 aliphatic heterocycles. The molecule has 0 saturated heterocycles. The van der Waals surface area contributed by atoms with Crippen molar-refractivity contribution in [3.63, 3.8) is 0 Å². The van der Waals surface area contributed by atoms with E-state index in [9.17, 15) is 13.2 Å². The van der Waals surface area contributed by atoms with Crippen LogP contribution >= 0.6 is 0 Å². The molecule has 0 fully saturated rings. The minimum Gasteiger partial charge on any atom is -0.347 e. The van der Waals surface area contributed by atoms with E-state index in [1.807, 2.05) is 42.5 Å². The zero-order chi connectivity index (χ0) is 16.3. The number of amides is 1. The number of hydrogen-bond donors (Lipinski definition) is 2. The minimum absolute atomic E-state index is 0.195. The van der Waals surface area contributed by atoms with Crippen molar-refractivity contribution in [2.24, 2.45) is 5.73 Å². The first kappa shape index (κ1) is 16.5. The average Bonchev–Trinajstić information content (AvgIpc) is 2.50. The van der Waals surface area contributed by atoms with Crippen LogP contribution in [0.2, 0.25) is 0 Å². The molecule has 2 aromatic rings. The zero-order valence-electron chi connectivity index (χ0n) is 12.6. The Bertz CT molecular complexity index is 787. The fourth-order valence-corrected chi connectivity index (χ4v) is 2.64. The van der Waals surface area contributed by atoms with Crippen molar-refractivity contribution >= 4 is 26.5 Å². The van der Waals surface area contributed by atoms with E-state index in [4.69, 9.17) is 5.73 Å². The van der Waals surface area contributed by atoms with Crippen LogP contribution in [0.3, 0.4) is 0 Å². The summed E-state index contributed by atoms with van der Waals surface area (Å²) in [5, 5.41) is 3.76. The summed E-state index contributed by atoms with van der Waals surface area (Å²) in [6.45, 7) is 1.57. The molecule has 0 radical (unpaired) electrons. The Kier molecular flexibility index (Phi) is 4.83. The number of benzene rings is 2. The van der Waals surface area contributed by atoms with Crippen LogP contribution in [0.1, 0.15) is 18.5 Å². The molecule has 0 saturated carbocycles. The molecule has 3 N–H and O–H groups in total. The van der Waals surface area contributed by atoms with Crippen molar-refractivity contribution in [3.05, 3.63) is 48.0 Å². The van der Waals surface area contributed by atoms with Crippen molar-refractivity contribution in [1.82, 2.24) is 5.32 Å². The van der Waals surface area contributed by atoms with Gasteiger partial charge in [0.05, 0.1) is 6.04 Å². The summed E-state index contributed by atoms with van der Waals surface area (Å²) in [5.74, 6) is -0.536. The van der Waals surface area contributed by atoms with Crippen molar-refractivity contribution in [3.8, 4) is 0 Å². The lowest BCUT2D eigenvalue weighted by Crippen LogP contribution is -2.41. The van der Waals surface area contributed by atoms with E-state index < -0.39 is 27.0 Å². The van der Waals surface area contributed by atoms with Gasteiger partial charge in [0, 0.05) is 12.8 Å². The molecular formula is C16H20N2O3S. The van der Waals surface area contributed by atoms with Crippen molar-refractivity contribution in [1.29, 1.82) is 0 Å². The summed E-state index contributed by atoms with van der Waals surface area (Å²) in [4.78, 5) is 12.1. The fourth-order valence-electron chi connectivity index (χ4n) is 2.19. The molecule has 0 bridgehead atoms. The first-order valence-corrected chi connectivity index (χ1v) is 8.96. The highest BCUT2D eigenvalue weighted by Crippen LogP contribution is 2.20. The van der Waals surface area contributed by atoms with E-state index in [2.05, 4.69) is 5.32 Å². The molecule has 2 aromatic carbocycles. The molecule has 0 aliphatic carbocycles. The lowest BCUT2D eigenvalue weighted by atomic mass is 10.0. The highest BCUT2D eigenvalue weighted by molar-refractivity contribution is 7.92. The van der Waals surface area contributed by atoms with Gasteiger partial charge in [0.25, 0.3) is 0 Å². The predicted molar refractivity (Wildman–Crippen MR) is 88.2 cm³/mol. The van der Waals surface area contributed by atoms with E-state index in [-0.39, 0.29) is 6.54 Å². The van der Waals surface area contributed by atoms with Crippen LogP contribution in [-0.2, 0) is 14.6 Å². The summed E-state index contributed by atoms with van der Waals surface area (Å²) < 4.78 is 22.9. The SMILES string of the molecule is CC(C(=O)NC(CN)c1ccc2ccccc2c1)S(C)(=O)=O. The standard InChI is InChI=1S/C16H20N2O3S/c1-11(22(2,20)21)16(19)18-15(10-17)14-8-7-12-5-3-4-6-13(12)9-14/h3-9,11,15H,10,17H2,1-2H3,(H,18,19). The molecule has 0 aliphatic rings. The number of carbonyl (C=O) groups excluding carboxylic acids is 1. The van der Waals surface area contributed by atoms with Crippen LogP contribution < -0.4 is 11.1 Å². The molecule has 22 heavy (non-hydrogen) atoms. The summed E-state index contributed by atoms with van der Waals surface area (Å²) >= 11 is 0. The second-order valence-corrected chi connectivity index (χ2v) is 7.74. The lowest BCUT2D eigenvalue weighted by Gasteiger charge is -2.20. The van der Waals surface area contributed by atoms with E-state index in [1.165, 1.54) is 6.92 Å². The fraction of sp³-hybridized carbons (Fsp3) is 0.312. The van der Waals surface area contributed by atoms with Gasteiger partial charge in [-0.1, -0.05) is 36.4 Å². The first-order valence-electron chi connectivity index (χ1n) is 7.01. The van der Waals surface area contributed by atoms with Gasteiger partial charge < -0.3 is 11.1 Å². The van der Waals surface area contributed by atoms with Crippen LogP contribution in [-0.4, -0.2) is 32.4 Å². The first-order chi connectivity index (χ1) is 10.3. The molecule has 118 valence electrons. The smallest absolute Gasteiger partial charge is 0.238 e. The summed E-state index contributed by atoms with van der Waals surface area (Å²) in [5.41, 5.74) is 6.60. The second kappa shape index (κ2) is 6.46. The minimum atomic E-state index is -3.43. The van der Waals surface area contributed by atoms with Crippen LogP contribution in [0.5, 0.6) is 0 Å². The third-order valence-electron chi connectivity index (χ3n) is 3.74. The van der Waals surface area contributed by atoms with Gasteiger partial charge in [0.1, 0.15) is 5.25 Å². The Morgan fingerprint density at radius 3 is 2.41 bits per heavy atom. The second-order valence-electron chi connectivity index (χ2n) is 5.38. The maximum atomic E-state index is 12.1. The summed E-state index contributed by atoms with van der Waals surface area (Å²) in [6.07, 6.45) is 1.05. The normalized spacial score (nSPS) is 14.5. The topological polar surface area (TPSA) is 89.3 Å². The van der Waals surface area contributed by atoms with Gasteiger partial charge in [-0.3, -0.25) is 4.79 Å². The molecule has 2 rings (SSSR count). The van der Waals surface area contributed by atoms with Gasteiger partial charge in [0.2, 0.25) is 5.91 Å². The Morgan fingerprint density at radius 2 is 1.82 bits per heavy atom. The van der Waals surface area contributed by atoms with Gasteiger partial charge in [-0.25, -0.2) is 8.42 Å². The molecule has 0 heterocycles. The number of carbonyl (C=O) groups is 1. The van der Waals surface area contributed by atoms with Crippen LogP contribution in [0.25, 0.3) is 10.8 Å². The van der Waals surface area contributed by atoms with E-state index in [0.29, 0.717) is 0 Å². The van der Waals surface area contributed by atoms with Crippen LogP contribution in [0.4, 0.5) is 0 Å². The van der Waals surface area contributed by atoms with Crippen LogP contribution in [0.15, 0.2) is 42.5 Å². The Hall–Kier alpha value is -1.92. The Labute approximate surface area is 130 Å². The number of nitrogens with one attached hydrogen (secondary N) is 1. The number of fused-ring (bicyclic) bond motifs is 1. The molecule has 5 nitrogen and oxygen atoms in total. The monoisotopic (exact) mass is 320 g/mol. The Morgan fingerprint density at radius 1 is 1.18 bits per heavy atom. The Balaban J connectivity index is 2.25. The zero-order valence-corrected chi connectivity index (χ0v) is 13.4. The molecule has 1 amide bonds. The van der Waals surface area contributed by atoms with Crippen molar-refractivity contribution in [2.75, 3.05) is 12.8 Å².